The van der Waals surface area contributed by atoms with Gasteiger partial charge in [0, 0.05) is 12.1 Å². The quantitative estimate of drug-likeness (QED) is 0.346. The maximum absolute atomic E-state index is 14.3. The third kappa shape index (κ3) is 4.07. The van der Waals surface area contributed by atoms with Crippen LogP contribution in [0.2, 0.25) is 50.4 Å². The Morgan fingerprint density at radius 2 is 1.22 bits per heavy atom. The van der Waals surface area contributed by atoms with Gasteiger partial charge in [-0.05, 0) is 41.3 Å². The highest BCUT2D eigenvalue weighted by molar-refractivity contribution is 6.80. The summed E-state index contributed by atoms with van der Waals surface area (Å²) in [5.74, 6) is -0.990. The molecule has 7 heteroatoms. The fourth-order valence-corrected chi connectivity index (χ4v) is 12.5. The van der Waals surface area contributed by atoms with Gasteiger partial charge in [-0.15, -0.1) is 0 Å². The van der Waals surface area contributed by atoms with E-state index in [0.29, 0.717) is 12.2 Å². The largest absolute Gasteiger partial charge is 0.328 e. The van der Waals surface area contributed by atoms with Gasteiger partial charge in [-0.1, -0.05) is 87.8 Å². The SMILES string of the molecule is C[C@H](c1ccccc1)N1CC2=C(C1=O)[C@@H]([Si](C)(C)C)[C@H]1C(=O)N(c3ccccc3)C(=O)[C@H]1[C@H]2[Si](C)(C)C. The van der Waals surface area contributed by atoms with Crippen molar-refractivity contribution < 1.29 is 14.4 Å². The fraction of sp³-hybridized carbons (Fsp3) is 0.433. The number of amides is 3. The van der Waals surface area contributed by atoms with Crippen molar-refractivity contribution in [3.8, 4) is 0 Å². The number of carbonyl (C=O) groups excluding carboxylic acids is 3. The first-order valence-corrected chi connectivity index (χ1v) is 20.5. The molecule has 1 fully saturated rings. The average Bonchev–Trinajstić information content (AvgIpc) is 3.30. The van der Waals surface area contributed by atoms with Crippen LogP contribution in [0.25, 0.3) is 0 Å². The zero-order valence-corrected chi connectivity index (χ0v) is 25.0. The number of anilines is 1. The van der Waals surface area contributed by atoms with Gasteiger partial charge < -0.3 is 4.90 Å². The van der Waals surface area contributed by atoms with Gasteiger partial charge in [-0.25, -0.2) is 0 Å². The van der Waals surface area contributed by atoms with Crippen LogP contribution in [0.4, 0.5) is 5.69 Å². The molecule has 0 unspecified atom stereocenters. The monoisotopic (exact) mass is 530 g/mol. The molecular weight excluding hydrogens is 493 g/mol. The predicted octanol–water partition coefficient (Wildman–Crippen LogP) is 6.12. The van der Waals surface area contributed by atoms with Crippen LogP contribution in [0.5, 0.6) is 0 Å². The second-order valence-electron chi connectivity index (χ2n) is 13.0. The van der Waals surface area contributed by atoms with E-state index in [1.165, 1.54) is 4.90 Å². The standard InChI is InChI=1S/C30H38N2O3Si2/c1-19(20-14-10-8-11-15-20)31-18-22-23(28(31)33)27(37(5,6)7)25-24(26(22)36(2,3)4)29(34)32(30(25)35)21-16-12-9-13-17-21/h8-17,19,24-27H,18H2,1-7H3/t19-,24-,25+,26+,27-/m1/s1. The Labute approximate surface area is 222 Å². The highest BCUT2D eigenvalue weighted by Crippen LogP contribution is 2.61. The van der Waals surface area contributed by atoms with Gasteiger partial charge in [0.15, 0.2) is 0 Å². The van der Waals surface area contributed by atoms with E-state index >= 15 is 0 Å². The topological polar surface area (TPSA) is 57.7 Å². The highest BCUT2D eigenvalue weighted by Gasteiger charge is 2.65. The summed E-state index contributed by atoms with van der Waals surface area (Å²) in [7, 11) is -4.11. The normalized spacial score (nSPS) is 27.1. The van der Waals surface area contributed by atoms with Crippen LogP contribution in [0.1, 0.15) is 18.5 Å². The summed E-state index contributed by atoms with van der Waals surface area (Å²) in [6.45, 7) is 16.2. The molecule has 5 nitrogen and oxygen atoms in total. The molecule has 0 aromatic heterocycles. The molecule has 37 heavy (non-hydrogen) atoms. The molecule has 2 aromatic rings. The molecule has 0 spiro atoms. The van der Waals surface area contributed by atoms with E-state index in [0.717, 1.165) is 16.7 Å². The van der Waals surface area contributed by atoms with Gasteiger partial charge in [-0.3, -0.25) is 19.3 Å². The van der Waals surface area contributed by atoms with E-state index in [-0.39, 0.29) is 34.8 Å². The molecule has 0 saturated carbocycles. The van der Waals surface area contributed by atoms with Gasteiger partial charge in [0.25, 0.3) is 5.91 Å². The molecular formula is C30H38N2O3Si2. The maximum Gasteiger partial charge on any atom is 0.250 e. The lowest BCUT2D eigenvalue weighted by atomic mass is 9.76. The summed E-state index contributed by atoms with van der Waals surface area (Å²) in [5.41, 5.74) is 3.55. The molecule has 2 aromatic carbocycles. The molecule has 3 amide bonds. The first-order chi connectivity index (χ1) is 17.3. The predicted molar refractivity (Wildman–Crippen MR) is 154 cm³/mol. The zero-order valence-electron chi connectivity index (χ0n) is 23.0. The lowest BCUT2D eigenvalue weighted by molar-refractivity contribution is -0.127. The number of imide groups is 1. The van der Waals surface area contributed by atoms with Crippen molar-refractivity contribution in [3.63, 3.8) is 0 Å². The second-order valence-corrected chi connectivity index (χ2v) is 23.8. The van der Waals surface area contributed by atoms with Crippen molar-refractivity contribution in [1.29, 1.82) is 0 Å². The lowest BCUT2D eigenvalue weighted by Crippen LogP contribution is -2.49. The molecule has 0 radical (unpaired) electrons. The number of fused-ring (bicyclic) bond motifs is 1. The molecule has 5 atom stereocenters. The van der Waals surface area contributed by atoms with E-state index in [1.54, 1.807) is 0 Å². The van der Waals surface area contributed by atoms with Crippen molar-refractivity contribution in [1.82, 2.24) is 4.90 Å². The lowest BCUT2D eigenvalue weighted by Gasteiger charge is -2.46. The number of nitrogens with zero attached hydrogens (tertiary/aromatic N) is 2. The molecule has 3 aliphatic rings. The van der Waals surface area contributed by atoms with Crippen LogP contribution in [0.3, 0.4) is 0 Å². The van der Waals surface area contributed by atoms with Gasteiger partial charge >= 0.3 is 0 Å². The van der Waals surface area contributed by atoms with Crippen molar-refractivity contribution in [3.05, 3.63) is 77.4 Å². The van der Waals surface area contributed by atoms with E-state index in [2.05, 4.69) is 58.3 Å². The Balaban J connectivity index is 1.66. The Kier molecular flexibility index (Phi) is 6.23. The number of rotatable bonds is 5. The third-order valence-electron chi connectivity index (χ3n) is 8.61. The summed E-state index contributed by atoms with van der Waals surface area (Å²) >= 11 is 0. The van der Waals surface area contributed by atoms with Crippen molar-refractivity contribution >= 4 is 39.6 Å². The molecule has 5 rings (SSSR count). The summed E-state index contributed by atoms with van der Waals surface area (Å²) < 4.78 is 0. The first-order valence-electron chi connectivity index (χ1n) is 13.4. The van der Waals surface area contributed by atoms with Gasteiger partial charge in [0.05, 0.1) is 39.7 Å². The van der Waals surface area contributed by atoms with E-state index in [4.69, 9.17) is 0 Å². The zero-order chi connectivity index (χ0) is 26.9. The Hall–Kier alpha value is -2.78. The molecule has 0 N–H and O–H groups in total. The van der Waals surface area contributed by atoms with Crippen molar-refractivity contribution in [2.24, 2.45) is 11.8 Å². The minimum Gasteiger partial charge on any atom is -0.328 e. The van der Waals surface area contributed by atoms with E-state index in [9.17, 15) is 14.4 Å². The third-order valence-corrected chi connectivity index (χ3v) is 13.7. The van der Waals surface area contributed by atoms with Crippen LogP contribution in [0.15, 0.2) is 71.8 Å². The molecule has 2 heterocycles. The summed E-state index contributed by atoms with van der Waals surface area (Å²) in [6.07, 6.45) is 0. The smallest absolute Gasteiger partial charge is 0.250 e. The highest BCUT2D eigenvalue weighted by atomic mass is 28.3. The van der Waals surface area contributed by atoms with Crippen LogP contribution in [-0.2, 0) is 14.4 Å². The van der Waals surface area contributed by atoms with Crippen molar-refractivity contribution in [2.45, 2.75) is 63.3 Å². The molecule has 0 bridgehead atoms. The van der Waals surface area contributed by atoms with Crippen LogP contribution in [0, 0.1) is 11.8 Å². The molecule has 1 aliphatic carbocycles. The van der Waals surface area contributed by atoms with Gasteiger partial charge in [-0.2, -0.15) is 0 Å². The average molecular weight is 531 g/mol. The first kappa shape index (κ1) is 25.9. The van der Waals surface area contributed by atoms with Crippen molar-refractivity contribution in [2.75, 3.05) is 11.4 Å². The Bertz CT molecular complexity index is 1280. The van der Waals surface area contributed by atoms with Crippen LogP contribution in [-0.4, -0.2) is 45.3 Å². The number of benzene rings is 2. The minimum atomic E-state index is -2.09. The molecule has 1 saturated heterocycles. The molecule has 2 aliphatic heterocycles. The summed E-state index contributed by atoms with van der Waals surface area (Å²) in [4.78, 5) is 46.2. The van der Waals surface area contributed by atoms with Crippen LogP contribution < -0.4 is 4.90 Å². The maximum atomic E-state index is 14.3. The summed E-state index contributed by atoms with van der Waals surface area (Å²) in [5, 5.41) is 0. The Morgan fingerprint density at radius 1 is 0.730 bits per heavy atom. The van der Waals surface area contributed by atoms with Gasteiger partial charge in [0.1, 0.15) is 0 Å². The number of carbonyl (C=O) groups is 3. The number of hydrogen-bond donors (Lipinski definition) is 0. The minimum absolute atomic E-state index is 0.0396. The van der Waals surface area contributed by atoms with Gasteiger partial charge in [0.2, 0.25) is 11.8 Å². The Morgan fingerprint density at radius 3 is 1.73 bits per heavy atom. The number of para-hydroxylation sites is 1. The second kappa shape index (κ2) is 8.91. The number of hydrogen-bond acceptors (Lipinski definition) is 3. The van der Waals surface area contributed by atoms with Crippen LogP contribution >= 0.6 is 0 Å². The fourth-order valence-electron chi connectivity index (χ4n) is 7.13. The van der Waals surface area contributed by atoms with E-state index in [1.807, 2.05) is 53.4 Å². The summed E-state index contributed by atoms with van der Waals surface area (Å²) in [6, 6.07) is 19.4. The van der Waals surface area contributed by atoms with E-state index < -0.39 is 28.0 Å². The molecule has 194 valence electrons.